The summed E-state index contributed by atoms with van der Waals surface area (Å²) < 4.78 is 13.1. The zero-order valence-electron chi connectivity index (χ0n) is 16.8. The van der Waals surface area contributed by atoms with Crippen LogP contribution in [0.25, 0.3) is 6.08 Å². The molecule has 2 aromatic rings. The van der Waals surface area contributed by atoms with E-state index in [1.165, 1.54) is 30.3 Å². The third-order valence-corrected chi connectivity index (χ3v) is 5.59. The molecule has 158 valence electrons. The highest BCUT2D eigenvalue weighted by Gasteiger charge is 2.31. The van der Waals surface area contributed by atoms with E-state index in [2.05, 4.69) is 11.8 Å². The summed E-state index contributed by atoms with van der Waals surface area (Å²) in [6.45, 7) is 6.05. The Labute approximate surface area is 179 Å². The fraction of sp³-hybridized carbons (Fsp3) is 0.318. The van der Waals surface area contributed by atoms with Gasteiger partial charge in [-0.3, -0.25) is 19.8 Å². The van der Waals surface area contributed by atoms with Crippen molar-refractivity contribution in [3.8, 4) is 0 Å². The van der Waals surface area contributed by atoms with Crippen LogP contribution in [0.5, 0.6) is 0 Å². The number of piperazine rings is 1. The second kappa shape index (κ2) is 9.36. The number of nitro benzene ring substituents is 1. The molecule has 1 aliphatic heterocycles. The molecule has 1 heterocycles. The largest absolute Gasteiger partial charge is 0.334 e. The Morgan fingerprint density at radius 3 is 2.53 bits per heavy atom. The summed E-state index contributed by atoms with van der Waals surface area (Å²) in [7, 11) is 0. The Bertz CT molecular complexity index is 965. The van der Waals surface area contributed by atoms with E-state index in [0.717, 1.165) is 5.56 Å². The molecule has 2 atom stereocenters. The minimum Gasteiger partial charge on any atom is -0.334 e. The second-order valence-corrected chi connectivity index (χ2v) is 7.95. The van der Waals surface area contributed by atoms with E-state index in [9.17, 15) is 19.3 Å². The molecular weight excluding hydrogens is 409 g/mol. The predicted molar refractivity (Wildman–Crippen MR) is 115 cm³/mol. The van der Waals surface area contributed by atoms with Crippen LogP contribution in [0.15, 0.2) is 48.5 Å². The van der Waals surface area contributed by atoms with Gasteiger partial charge in [0.1, 0.15) is 10.8 Å². The summed E-state index contributed by atoms with van der Waals surface area (Å²) in [5, 5.41) is 10.9. The van der Waals surface area contributed by atoms with Crippen LogP contribution in [0.3, 0.4) is 0 Å². The predicted octanol–water partition coefficient (Wildman–Crippen LogP) is 4.52. The number of halogens is 2. The number of carbonyl (C=O) groups excluding carboxylic acids is 1. The van der Waals surface area contributed by atoms with Gasteiger partial charge >= 0.3 is 0 Å². The lowest BCUT2D eigenvalue weighted by Crippen LogP contribution is -2.57. The van der Waals surface area contributed by atoms with Gasteiger partial charge in [0, 0.05) is 43.9 Å². The summed E-state index contributed by atoms with van der Waals surface area (Å²) in [5.74, 6) is -0.373. The lowest BCUT2D eigenvalue weighted by atomic mass is 10.1. The van der Waals surface area contributed by atoms with Gasteiger partial charge < -0.3 is 4.90 Å². The Balaban J connectivity index is 1.63. The highest BCUT2D eigenvalue weighted by atomic mass is 35.5. The topological polar surface area (TPSA) is 66.7 Å². The van der Waals surface area contributed by atoms with E-state index in [1.54, 1.807) is 24.3 Å². The van der Waals surface area contributed by atoms with Crippen LogP contribution in [0.4, 0.5) is 10.1 Å². The highest BCUT2D eigenvalue weighted by Crippen LogP contribution is 2.25. The maximum absolute atomic E-state index is 13.1. The minimum absolute atomic E-state index is 0.0132. The molecule has 1 saturated heterocycles. The van der Waals surface area contributed by atoms with Gasteiger partial charge in [0.05, 0.1) is 4.92 Å². The van der Waals surface area contributed by atoms with Crippen molar-refractivity contribution in [2.75, 3.05) is 13.1 Å². The van der Waals surface area contributed by atoms with Gasteiger partial charge in [-0.05, 0) is 55.3 Å². The number of benzene rings is 2. The van der Waals surface area contributed by atoms with E-state index in [-0.39, 0.29) is 34.5 Å². The number of rotatable bonds is 5. The molecule has 0 N–H and O–H groups in total. The lowest BCUT2D eigenvalue weighted by Gasteiger charge is -2.44. The van der Waals surface area contributed by atoms with E-state index < -0.39 is 4.92 Å². The number of amides is 1. The van der Waals surface area contributed by atoms with Crippen molar-refractivity contribution in [2.24, 2.45) is 0 Å². The van der Waals surface area contributed by atoms with Crippen molar-refractivity contribution in [1.82, 2.24) is 9.80 Å². The highest BCUT2D eigenvalue weighted by molar-refractivity contribution is 6.32. The molecule has 1 aliphatic rings. The average Bonchev–Trinajstić information content (AvgIpc) is 2.70. The molecule has 0 aromatic heterocycles. The van der Waals surface area contributed by atoms with Crippen molar-refractivity contribution in [3.63, 3.8) is 0 Å². The first-order valence-corrected chi connectivity index (χ1v) is 10.0. The third-order valence-electron chi connectivity index (χ3n) is 5.28. The van der Waals surface area contributed by atoms with Crippen molar-refractivity contribution >= 4 is 29.3 Å². The number of nitro groups is 1. The summed E-state index contributed by atoms with van der Waals surface area (Å²) in [6, 6.07) is 11.0. The first-order chi connectivity index (χ1) is 14.2. The Hall–Kier alpha value is -2.77. The van der Waals surface area contributed by atoms with Crippen LogP contribution in [-0.4, -0.2) is 45.8 Å². The molecule has 6 nitrogen and oxygen atoms in total. The van der Waals surface area contributed by atoms with Crippen LogP contribution in [-0.2, 0) is 11.3 Å². The Morgan fingerprint density at radius 2 is 1.90 bits per heavy atom. The fourth-order valence-electron chi connectivity index (χ4n) is 3.59. The molecule has 0 spiro atoms. The standard InChI is InChI=1S/C22H23ClFN3O3/c1-15-13-26(16(2)12-25(15)14-18-3-7-19(24)8-4-18)22(28)10-6-17-5-9-21(27(29)30)20(23)11-17/h3-11,15-16H,12-14H2,1-2H3. The number of hydrogen-bond acceptors (Lipinski definition) is 4. The SMILES string of the molecule is CC1CN(C(=O)C=Cc2ccc([N+](=O)[O-])c(Cl)c2)C(C)CN1Cc1ccc(F)cc1. The molecule has 2 unspecified atom stereocenters. The van der Waals surface area contributed by atoms with E-state index in [1.807, 2.05) is 11.8 Å². The van der Waals surface area contributed by atoms with Gasteiger partial charge in [0.25, 0.3) is 5.69 Å². The van der Waals surface area contributed by atoms with E-state index >= 15 is 0 Å². The zero-order chi connectivity index (χ0) is 21.8. The normalized spacial score (nSPS) is 19.9. The molecular formula is C22H23ClFN3O3. The summed E-state index contributed by atoms with van der Waals surface area (Å²) in [4.78, 5) is 27.1. The van der Waals surface area contributed by atoms with Gasteiger partial charge in [0.2, 0.25) is 5.91 Å². The van der Waals surface area contributed by atoms with E-state index in [4.69, 9.17) is 11.6 Å². The van der Waals surface area contributed by atoms with Crippen LogP contribution < -0.4 is 0 Å². The smallest absolute Gasteiger partial charge is 0.287 e. The quantitative estimate of drug-likeness (QED) is 0.396. The summed E-state index contributed by atoms with van der Waals surface area (Å²) in [6.07, 6.45) is 3.08. The molecule has 8 heteroatoms. The third kappa shape index (κ3) is 5.23. The Kier molecular flexibility index (Phi) is 6.84. The van der Waals surface area contributed by atoms with Gasteiger partial charge in [-0.25, -0.2) is 4.39 Å². The number of carbonyl (C=O) groups is 1. The first-order valence-electron chi connectivity index (χ1n) is 9.65. The fourth-order valence-corrected chi connectivity index (χ4v) is 3.85. The molecule has 30 heavy (non-hydrogen) atoms. The molecule has 0 aliphatic carbocycles. The number of hydrogen-bond donors (Lipinski definition) is 0. The average molecular weight is 432 g/mol. The minimum atomic E-state index is -0.546. The van der Waals surface area contributed by atoms with Gasteiger partial charge in [0.15, 0.2) is 0 Å². The van der Waals surface area contributed by atoms with Crippen LogP contribution >= 0.6 is 11.6 Å². The zero-order valence-corrected chi connectivity index (χ0v) is 17.6. The molecule has 0 saturated carbocycles. The van der Waals surface area contributed by atoms with E-state index in [0.29, 0.717) is 25.2 Å². The van der Waals surface area contributed by atoms with Crippen molar-refractivity contribution in [2.45, 2.75) is 32.5 Å². The second-order valence-electron chi connectivity index (χ2n) is 7.55. The van der Waals surface area contributed by atoms with Crippen molar-refractivity contribution in [3.05, 3.63) is 80.6 Å². The molecule has 1 amide bonds. The first kappa shape index (κ1) is 21.9. The molecule has 3 rings (SSSR count). The van der Waals surface area contributed by atoms with Crippen LogP contribution in [0.1, 0.15) is 25.0 Å². The van der Waals surface area contributed by atoms with Gasteiger partial charge in [-0.15, -0.1) is 0 Å². The summed E-state index contributed by atoms with van der Waals surface area (Å²) in [5.41, 5.74) is 1.49. The van der Waals surface area contributed by atoms with Crippen molar-refractivity contribution < 1.29 is 14.1 Å². The maximum atomic E-state index is 13.1. The van der Waals surface area contributed by atoms with Gasteiger partial charge in [-0.1, -0.05) is 23.7 Å². The molecule has 0 bridgehead atoms. The summed E-state index contributed by atoms with van der Waals surface area (Å²) >= 11 is 5.92. The van der Waals surface area contributed by atoms with Crippen molar-refractivity contribution in [1.29, 1.82) is 0 Å². The molecule has 0 radical (unpaired) electrons. The monoisotopic (exact) mass is 431 g/mol. The molecule has 1 fully saturated rings. The van der Waals surface area contributed by atoms with Gasteiger partial charge in [-0.2, -0.15) is 0 Å². The number of nitrogens with zero attached hydrogens (tertiary/aromatic N) is 3. The Morgan fingerprint density at radius 1 is 1.20 bits per heavy atom. The maximum Gasteiger partial charge on any atom is 0.287 e. The molecule has 2 aromatic carbocycles. The van der Waals surface area contributed by atoms with Crippen LogP contribution in [0, 0.1) is 15.9 Å². The van der Waals surface area contributed by atoms with Crippen LogP contribution in [0.2, 0.25) is 5.02 Å². The lowest BCUT2D eigenvalue weighted by molar-refractivity contribution is -0.384.